The van der Waals surface area contributed by atoms with Gasteiger partial charge < -0.3 is 16.4 Å². The molecule has 0 aromatic carbocycles. The number of rotatable bonds is 0. The van der Waals surface area contributed by atoms with E-state index in [-0.39, 0.29) is 122 Å². The fourth-order valence-electron chi connectivity index (χ4n) is 0. The number of hydrogen-bond donors (Lipinski definition) is 1. The maximum absolute atomic E-state index is 6.25. The molecule has 0 atom stereocenters. The van der Waals surface area contributed by atoms with E-state index < -0.39 is 0 Å². The van der Waals surface area contributed by atoms with Crippen molar-refractivity contribution in [3.8, 4) is 0 Å². The summed E-state index contributed by atoms with van der Waals surface area (Å²) in [5, 5.41) is 11.0. The van der Waals surface area contributed by atoms with Gasteiger partial charge in [0.25, 0.3) is 0 Å². The Bertz CT molecular complexity index is 13.6. The number of hydrogen-bond acceptors (Lipinski definition) is 1. The van der Waals surface area contributed by atoms with Crippen LogP contribution < -0.4 is 0 Å². The van der Waals surface area contributed by atoms with Gasteiger partial charge in [-0.05, 0) is 0 Å². The zero-order chi connectivity index (χ0) is 2.00. The monoisotopic (exact) mass is 351 g/mol. The average molecular weight is 351 g/mol. The summed E-state index contributed by atoms with van der Waals surface area (Å²) in [6.07, 6.45) is 0. The second kappa shape index (κ2) is 153. The van der Waals surface area contributed by atoms with Crippen LogP contribution in [0.1, 0.15) is 0 Å². The summed E-state index contributed by atoms with van der Waals surface area (Å²) in [4.78, 5) is 0. The second-order valence-corrected chi connectivity index (χ2v) is 0. The van der Waals surface area contributed by atoms with Crippen molar-refractivity contribution in [1.82, 2.24) is 0 Å². The molecule has 0 rings (SSSR count). The molecule has 0 spiro atoms. The van der Waals surface area contributed by atoms with E-state index in [1.807, 2.05) is 0 Å². The van der Waals surface area contributed by atoms with E-state index in [9.17, 15) is 0 Å². The van der Waals surface area contributed by atoms with Gasteiger partial charge in [0, 0.05) is 106 Å². The van der Waals surface area contributed by atoms with Crippen molar-refractivity contribution in [2.75, 3.05) is 0 Å². The Kier molecular flexibility index (Phi) is 1730. The van der Waals surface area contributed by atoms with Gasteiger partial charge in [0.1, 0.15) is 0 Å². The van der Waals surface area contributed by atoms with Crippen molar-refractivity contribution < 1.29 is 95.2 Å². The summed E-state index contributed by atoms with van der Waals surface area (Å²) in [7, 11) is 0. The van der Waals surface area contributed by atoms with Crippen LogP contribution in [0.3, 0.4) is 0 Å². The molecule has 0 aliphatic carbocycles. The topological polar surface area (TPSA) is 141 Å². The largest absolute Gasteiger partial charge is 0.457 e. The zero-order valence-corrected chi connectivity index (χ0v) is 11.8. The van der Waals surface area contributed by atoms with E-state index in [1.54, 1.807) is 0 Å². The molecule has 0 fully saturated rings. The van der Waals surface area contributed by atoms with E-state index in [2.05, 4.69) is 0 Å². The minimum atomic E-state index is 0. The van der Waals surface area contributed by atoms with Crippen molar-refractivity contribution in [3.05, 3.63) is 0 Å². The molecular formula is H11CaMn4O5+3. The summed E-state index contributed by atoms with van der Waals surface area (Å²) < 4.78 is 0. The maximum atomic E-state index is 6.25. The van der Waals surface area contributed by atoms with Crippen LogP contribution in [0.2, 0.25) is 0 Å². The van der Waals surface area contributed by atoms with Crippen LogP contribution in [0.15, 0.2) is 0 Å². The molecule has 0 amide bonds. The van der Waals surface area contributed by atoms with Crippen LogP contribution >= 0.6 is 0 Å². The van der Waals surface area contributed by atoms with Crippen LogP contribution in [0.25, 0.3) is 0 Å². The van der Waals surface area contributed by atoms with Gasteiger partial charge in [-0.1, -0.05) is 0 Å². The Morgan fingerprint density at radius 2 is 0.700 bits per heavy atom. The Balaban J connectivity index is -0.000000000179. The van der Waals surface area contributed by atoms with E-state index in [0.717, 1.165) is 0 Å². The predicted molar refractivity (Wildman–Crippen MR) is 25.4 cm³/mol. The SMILES string of the molecule is O.O[OH2+].[Ca].[Mn].[Mn].[Mn].[Mn].[OH3+].[OH3+]. The summed E-state index contributed by atoms with van der Waals surface area (Å²) in [6, 6.07) is 0. The van der Waals surface area contributed by atoms with Crippen LogP contribution in [-0.4, -0.2) is 53.7 Å². The molecule has 6 radical (unpaired) electrons. The van der Waals surface area contributed by atoms with Gasteiger partial charge >= 0.3 is 0 Å². The second-order valence-electron chi connectivity index (χ2n) is 0. The Morgan fingerprint density at radius 3 is 0.700 bits per heavy atom. The molecular weight excluding hydrogens is 340 g/mol. The maximum Gasteiger partial charge on any atom is 0 e. The van der Waals surface area contributed by atoms with E-state index in [1.165, 1.54) is 0 Å². The average Bonchev–Trinajstić information content (AvgIpc) is 1.00. The molecule has 0 saturated carbocycles. The first kappa shape index (κ1) is 113. The third-order valence-electron chi connectivity index (χ3n) is 0. The Hall–Kier alpha value is 3.14. The predicted octanol–water partition coefficient (Wildman–Crippen LogP) is -3.88. The minimum absolute atomic E-state index is 0. The Labute approximate surface area is 131 Å². The first-order valence-corrected chi connectivity index (χ1v) is 0.224. The van der Waals surface area contributed by atoms with Crippen molar-refractivity contribution in [2.24, 2.45) is 0 Å². The first-order chi connectivity index (χ1) is 1.00. The molecule has 0 heterocycles. The quantitative estimate of drug-likeness (QED) is 0.203. The molecule has 5 nitrogen and oxygen atoms in total. The normalized spacial score (nSPS) is 0.600. The summed E-state index contributed by atoms with van der Waals surface area (Å²) in [5.74, 6) is 0. The van der Waals surface area contributed by atoms with E-state index >= 15 is 0 Å². The molecule has 11 N–H and O–H groups in total. The molecule has 10 heavy (non-hydrogen) atoms. The van der Waals surface area contributed by atoms with Crippen molar-refractivity contribution >= 4 is 37.7 Å². The molecule has 0 bridgehead atoms. The van der Waals surface area contributed by atoms with Gasteiger partial charge in [-0.3, -0.25) is 5.26 Å². The van der Waals surface area contributed by atoms with Gasteiger partial charge in [0.05, 0.1) is 0 Å². The van der Waals surface area contributed by atoms with E-state index in [0.29, 0.717) is 0 Å². The molecule has 10 heteroatoms. The van der Waals surface area contributed by atoms with E-state index in [4.69, 9.17) is 10.5 Å². The van der Waals surface area contributed by atoms with Crippen molar-refractivity contribution in [1.29, 1.82) is 0 Å². The summed E-state index contributed by atoms with van der Waals surface area (Å²) >= 11 is 0. The van der Waals surface area contributed by atoms with Crippen molar-refractivity contribution in [3.63, 3.8) is 0 Å². The van der Waals surface area contributed by atoms with Crippen LogP contribution in [-0.2, 0) is 79.2 Å². The van der Waals surface area contributed by atoms with Crippen molar-refractivity contribution in [2.45, 2.75) is 0 Å². The molecule has 0 aliphatic heterocycles. The van der Waals surface area contributed by atoms with Crippen LogP contribution in [0.4, 0.5) is 0 Å². The van der Waals surface area contributed by atoms with Crippen LogP contribution in [0.5, 0.6) is 0 Å². The molecule has 0 saturated heterocycles. The third kappa shape index (κ3) is 116. The molecule has 68 valence electrons. The molecule has 0 unspecified atom stereocenters. The van der Waals surface area contributed by atoms with Gasteiger partial charge in [-0.2, -0.15) is 0 Å². The summed E-state index contributed by atoms with van der Waals surface area (Å²) in [5.41, 5.74) is 0. The first-order valence-electron chi connectivity index (χ1n) is 0.224. The summed E-state index contributed by atoms with van der Waals surface area (Å²) in [6.45, 7) is 0. The smallest absolute Gasteiger partial charge is 0 e. The molecule has 0 aromatic rings. The van der Waals surface area contributed by atoms with Gasteiger partial charge in [-0.15, -0.1) is 5.26 Å². The molecule has 0 aliphatic rings. The molecule has 0 aromatic heterocycles. The third-order valence-corrected chi connectivity index (χ3v) is 0. The van der Waals surface area contributed by atoms with Crippen LogP contribution in [0, 0.1) is 0 Å². The Morgan fingerprint density at radius 1 is 0.700 bits per heavy atom. The zero-order valence-electron chi connectivity index (χ0n) is 4.82. The minimum Gasteiger partial charge on any atom is -0.457 e. The van der Waals surface area contributed by atoms with Gasteiger partial charge in [-0.25, -0.2) is 0 Å². The fraction of sp³-hybridized carbons (Fsp3) is 0. The fourth-order valence-corrected chi connectivity index (χ4v) is 0. The standard InChI is InChI=1S/Ca.4Mn.H2O2.3H2O/c;;;;;1-2;;;/h;;;;;1-2H;3*1H2/p+3. The van der Waals surface area contributed by atoms with Gasteiger partial charge in [0.15, 0.2) is 0 Å². The van der Waals surface area contributed by atoms with Gasteiger partial charge in [0.2, 0.25) is 0 Å².